The number of nitrogens with zero attached hydrogens (tertiary/aromatic N) is 1. The van der Waals surface area contributed by atoms with Crippen molar-refractivity contribution in [1.29, 1.82) is 0 Å². The average Bonchev–Trinajstić information content (AvgIpc) is 3.26. The number of hydrogen-bond donors (Lipinski definition) is 3. The van der Waals surface area contributed by atoms with Crippen molar-refractivity contribution in [2.24, 2.45) is 11.5 Å². The molecule has 1 unspecified atom stereocenters. The lowest BCUT2D eigenvalue weighted by Gasteiger charge is -2.12. The van der Waals surface area contributed by atoms with Gasteiger partial charge in [0.1, 0.15) is 5.75 Å². The maximum Gasteiger partial charge on any atom is 0.341 e. The number of aliphatic carboxylic acids is 1. The number of aromatic nitrogens is 1. The highest BCUT2D eigenvalue weighted by Crippen LogP contribution is 2.44. The van der Waals surface area contributed by atoms with Crippen molar-refractivity contribution in [2.45, 2.75) is 25.3 Å². The molecule has 154 valence electrons. The van der Waals surface area contributed by atoms with Crippen LogP contribution >= 0.6 is 0 Å². The summed E-state index contributed by atoms with van der Waals surface area (Å²) in [5, 5.41) is 9.72. The van der Waals surface area contributed by atoms with Gasteiger partial charge >= 0.3 is 5.97 Å². The van der Waals surface area contributed by atoms with Crippen molar-refractivity contribution in [3.8, 4) is 5.75 Å². The molecule has 1 atom stereocenters. The van der Waals surface area contributed by atoms with Gasteiger partial charge in [-0.3, -0.25) is 9.59 Å². The van der Waals surface area contributed by atoms with Gasteiger partial charge in [0.2, 0.25) is 11.8 Å². The van der Waals surface area contributed by atoms with Crippen molar-refractivity contribution in [3.05, 3.63) is 64.8 Å². The van der Waals surface area contributed by atoms with E-state index in [0.29, 0.717) is 36.1 Å². The molecular weight excluding hydrogens is 386 g/mol. The molecular formula is C22H21N3O5. The van der Waals surface area contributed by atoms with Crippen LogP contribution in [0.15, 0.2) is 42.5 Å². The molecule has 1 aromatic heterocycles. The highest BCUT2D eigenvalue weighted by Gasteiger charge is 2.34. The molecule has 0 fully saturated rings. The van der Waals surface area contributed by atoms with E-state index in [-0.39, 0.29) is 0 Å². The Morgan fingerprint density at radius 2 is 1.90 bits per heavy atom. The van der Waals surface area contributed by atoms with E-state index in [2.05, 4.69) is 4.57 Å². The quantitative estimate of drug-likeness (QED) is 0.548. The third kappa shape index (κ3) is 3.36. The first-order valence-corrected chi connectivity index (χ1v) is 9.53. The fourth-order valence-corrected chi connectivity index (χ4v) is 4.25. The van der Waals surface area contributed by atoms with E-state index < -0.39 is 30.3 Å². The van der Waals surface area contributed by atoms with Crippen LogP contribution in [0, 0.1) is 0 Å². The minimum atomic E-state index is -1.09. The van der Waals surface area contributed by atoms with Gasteiger partial charge in [0.25, 0.3) is 0 Å². The second kappa shape index (κ2) is 7.55. The molecule has 8 heteroatoms. The maximum atomic E-state index is 12.1. The summed E-state index contributed by atoms with van der Waals surface area (Å²) < 4.78 is 7.59. The number of rotatable bonds is 7. The van der Waals surface area contributed by atoms with Crippen LogP contribution in [0.4, 0.5) is 0 Å². The lowest BCUT2D eigenvalue weighted by atomic mass is 9.99. The lowest BCUT2D eigenvalue weighted by molar-refractivity contribution is -0.139. The molecule has 0 bridgehead atoms. The van der Waals surface area contributed by atoms with E-state index in [0.717, 1.165) is 22.3 Å². The van der Waals surface area contributed by atoms with Crippen LogP contribution in [0.5, 0.6) is 5.75 Å². The molecule has 8 nitrogen and oxygen atoms in total. The Morgan fingerprint density at radius 1 is 1.13 bits per heavy atom. The Kier molecular flexibility index (Phi) is 4.91. The number of ether oxygens (including phenoxy) is 1. The van der Waals surface area contributed by atoms with E-state index in [1.807, 2.05) is 12.1 Å². The van der Waals surface area contributed by atoms with E-state index in [1.54, 1.807) is 30.3 Å². The molecule has 0 aliphatic heterocycles. The predicted molar refractivity (Wildman–Crippen MR) is 109 cm³/mol. The van der Waals surface area contributed by atoms with Crippen LogP contribution < -0.4 is 16.2 Å². The third-order valence-electron chi connectivity index (χ3n) is 5.47. The molecule has 0 saturated heterocycles. The molecule has 3 aromatic rings. The standard InChI is InChI=1S/C22H21N3O5/c23-21(28)13-4-1-3-12(9-13)10-25-15-5-2-6-17(30-11-18(26)27)20(15)19-14(22(24)29)7-8-16(19)25/h1-6,9,14H,7-8,10-11H2,(H2,23,28)(H2,24,29)(H,26,27). The monoisotopic (exact) mass is 407 g/mol. The largest absolute Gasteiger partial charge is 0.481 e. The van der Waals surface area contributed by atoms with Crippen LogP contribution in [0.1, 0.15) is 39.5 Å². The molecule has 1 heterocycles. The lowest BCUT2D eigenvalue weighted by Crippen LogP contribution is -2.19. The summed E-state index contributed by atoms with van der Waals surface area (Å²) >= 11 is 0. The van der Waals surface area contributed by atoms with Gasteiger partial charge in [-0.25, -0.2) is 4.79 Å². The summed E-state index contributed by atoms with van der Waals surface area (Å²) in [5.41, 5.74) is 14.9. The van der Waals surface area contributed by atoms with E-state index in [9.17, 15) is 14.4 Å². The molecule has 2 amide bonds. The summed E-state index contributed by atoms with van der Waals surface area (Å²) in [6.45, 7) is -0.0260. The van der Waals surface area contributed by atoms with Crippen LogP contribution in [0.25, 0.3) is 10.9 Å². The number of amides is 2. The Morgan fingerprint density at radius 3 is 2.60 bits per heavy atom. The van der Waals surface area contributed by atoms with Crippen molar-refractivity contribution in [2.75, 3.05) is 6.61 Å². The Hall–Kier alpha value is -3.81. The molecule has 5 N–H and O–H groups in total. The van der Waals surface area contributed by atoms with Crippen LogP contribution in [-0.4, -0.2) is 34.1 Å². The summed E-state index contributed by atoms with van der Waals surface area (Å²) in [7, 11) is 0. The van der Waals surface area contributed by atoms with Crippen LogP contribution in [0.3, 0.4) is 0 Å². The number of carboxylic acids is 1. The first-order valence-electron chi connectivity index (χ1n) is 9.53. The molecule has 0 radical (unpaired) electrons. The second-order valence-corrected chi connectivity index (χ2v) is 7.34. The van der Waals surface area contributed by atoms with Crippen LogP contribution in [-0.2, 0) is 22.6 Å². The number of benzene rings is 2. The zero-order chi connectivity index (χ0) is 21.4. The van der Waals surface area contributed by atoms with Gasteiger partial charge < -0.3 is 25.9 Å². The molecule has 0 spiro atoms. The predicted octanol–water partition coefficient (Wildman–Crippen LogP) is 1.77. The molecule has 1 aliphatic rings. The SMILES string of the molecule is NC(=O)c1cccc(Cn2c3c(c4c(OCC(=O)O)cccc42)C(C(N)=O)CC3)c1. The second-order valence-electron chi connectivity index (χ2n) is 7.34. The smallest absolute Gasteiger partial charge is 0.341 e. The van der Waals surface area contributed by atoms with Gasteiger partial charge in [0, 0.05) is 23.2 Å². The average molecular weight is 407 g/mol. The van der Waals surface area contributed by atoms with Crippen molar-refractivity contribution >= 4 is 28.7 Å². The van der Waals surface area contributed by atoms with Crippen molar-refractivity contribution < 1.29 is 24.2 Å². The fraction of sp³-hybridized carbons (Fsp3) is 0.227. The fourth-order valence-electron chi connectivity index (χ4n) is 4.25. The number of carbonyl (C=O) groups is 3. The maximum absolute atomic E-state index is 12.1. The van der Waals surface area contributed by atoms with Gasteiger partial charge in [-0.15, -0.1) is 0 Å². The summed E-state index contributed by atoms with van der Waals surface area (Å²) in [6, 6.07) is 12.4. The zero-order valence-corrected chi connectivity index (χ0v) is 16.1. The Balaban J connectivity index is 1.87. The van der Waals surface area contributed by atoms with Gasteiger partial charge in [-0.05, 0) is 48.2 Å². The van der Waals surface area contributed by atoms with Crippen molar-refractivity contribution in [3.63, 3.8) is 0 Å². The van der Waals surface area contributed by atoms with Gasteiger partial charge in [-0.2, -0.15) is 0 Å². The molecule has 0 saturated carbocycles. The number of fused-ring (bicyclic) bond motifs is 3. The van der Waals surface area contributed by atoms with E-state index in [1.165, 1.54) is 0 Å². The molecule has 1 aliphatic carbocycles. The normalized spacial score (nSPS) is 15.1. The first kappa shape index (κ1) is 19.5. The summed E-state index contributed by atoms with van der Waals surface area (Å²) in [4.78, 5) is 34.6. The Labute approximate surface area is 172 Å². The molecule has 2 aromatic carbocycles. The number of nitrogens with two attached hydrogens (primary N) is 2. The van der Waals surface area contributed by atoms with E-state index >= 15 is 0 Å². The zero-order valence-electron chi connectivity index (χ0n) is 16.1. The number of carboxylic acid groups (broad SMARTS) is 1. The minimum absolute atomic E-state index is 0.406. The Bertz CT molecular complexity index is 1180. The summed E-state index contributed by atoms with van der Waals surface area (Å²) in [5.74, 6) is -2.06. The van der Waals surface area contributed by atoms with Gasteiger partial charge in [0.15, 0.2) is 6.61 Å². The molecule has 30 heavy (non-hydrogen) atoms. The van der Waals surface area contributed by atoms with Gasteiger partial charge in [0.05, 0.1) is 11.4 Å². The number of hydrogen-bond acceptors (Lipinski definition) is 4. The minimum Gasteiger partial charge on any atom is -0.481 e. The number of carbonyl (C=O) groups excluding carboxylic acids is 2. The summed E-state index contributed by atoms with van der Waals surface area (Å²) in [6.07, 6.45) is 1.25. The molecule has 4 rings (SSSR count). The third-order valence-corrected chi connectivity index (χ3v) is 5.47. The highest BCUT2D eigenvalue weighted by atomic mass is 16.5. The van der Waals surface area contributed by atoms with Crippen molar-refractivity contribution in [1.82, 2.24) is 4.57 Å². The highest BCUT2D eigenvalue weighted by molar-refractivity contribution is 5.98. The van der Waals surface area contributed by atoms with Gasteiger partial charge in [-0.1, -0.05) is 18.2 Å². The number of primary amides is 2. The van der Waals surface area contributed by atoms with Crippen LogP contribution in [0.2, 0.25) is 0 Å². The topological polar surface area (TPSA) is 138 Å². The van der Waals surface area contributed by atoms with E-state index in [4.69, 9.17) is 21.3 Å². The first-order chi connectivity index (χ1) is 14.4.